The van der Waals surface area contributed by atoms with E-state index in [1.807, 2.05) is 35.9 Å². The van der Waals surface area contributed by atoms with E-state index in [4.69, 9.17) is 5.11 Å². The van der Waals surface area contributed by atoms with Crippen LogP contribution in [0.5, 0.6) is 0 Å². The molecule has 1 fully saturated rings. The Hall–Kier alpha value is -2.10. The molecule has 1 heterocycles. The van der Waals surface area contributed by atoms with Crippen LogP contribution in [0.25, 0.3) is 0 Å². The number of carbonyl (C=O) groups excluding carboxylic acids is 1. The van der Waals surface area contributed by atoms with Crippen molar-refractivity contribution in [3.63, 3.8) is 0 Å². The SMILES string of the molecule is Cc1ccc(CP(O)N2CCN(C=O)CCN(CC(=O)O)CCN(CC(=O)O)CC2)cc1. The summed E-state index contributed by atoms with van der Waals surface area (Å²) in [6.45, 7) is 4.91. The second-order valence-electron chi connectivity index (χ2n) is 7.95. The van der Waals surface area contributed by atoms with Crippen LogP contribution in [0.15, 0.2) is 24.3 Å². The predicted molar refractivity (Wildman–Crippen MR) is 121 cm³/mol. The van der Waals surface area contributed by atoms with E-state index in [-0.39, 0.29) is 13.1 Å². The van der Waals surface area contributed by atoms with Crippen LogP contribution >= 0.6 is 8.30 Å². The van der Waals surface area contributed by atoms with Crippen molar-refractivity contribution < 1.29 is 29.5 Å². The lowest BCUT2D eigenvalue weighted by molar-refractivity contribution is -0.140. The number of hydrogen-bond donors (Lipinski definition) is 3. The molecule has 2 rings (SSSR count). The molecule has 3 N–H and O–H groups in total. The maximum atomic E-state index is 11.5. The van der Waals surface area contributed by atoms with Gasteiger partial charge in [0.05, 0.1) is 13.1 Å². The third kappa shape index (κ3) is 9.58. The number of carboxylic acid groups (broad SMARTS) is 2. The molecule has 1 atom stereocenters. The highest BCUT2D eigenvalue weighted by Gasteiger charge is 2.22. The molecule has 1 aliphatic heterocycles. The zero-order valence-corrected chi connectivity index (χ0v) is 19.4. The summed E-state index contributed by atoms with van der Waals surface area (Å²) < 4.78 is 1.93. The van der Waals surface area contributed by atoms with Gasteiger partial charge >= 0.3 is 11.9 Å². The van der Waals surface area contributed by atoms with Gasteiger partial charge in [0.15, 0.2) is 0 Å². The van der Waals surface area contributed by atoms with Crippen LogP contribution in [0.3, 0.4) is 0 Å². The molecule has 0 aromatic heterocycles. The Balaban J connectivity index is 2.11. The first kappa shape index (κ1) is 26.2. The van der Waals surface area contributed by atoms with Gasteiger partial charge in [0.25, 0.3) is 0 Å². The molecule has 1 unspecified atom stereocenters. The minimum absolute atomic E-state index is 0.156. The van der Waals surface area contributed by atoms with Crippen molar-refractivity contribution in [3.05, 3.63) is 35.4 Å². The monoisotopic (exact) mass is 468 g/mol. The average Bonchev–Trinajstić information content (AvgIpc) is 2.73. The molecular weight excluding hydrogens is 435 g/mol. The van der Waals surface area contributed by atoms with Crippen molar-refractivity contribution >= 4 is 26.6 Å². The van der Waals surface area contributed by atoms with Gasteiger partial charge in [-0.2, -0.15) is 0 Å². The molecule has 0 aliphatic carbocycles. The summed E-state index contributed by atoms with van der Waals surface area (Å²) in [6, 6.07) is 7.98. The van der Waals surface area contributed by atoms with Crippen LogP contribution in [0.2, 0.25) is 0 Å². The summed E-state index contributed by atoms with van der Waals surface area (Å²) in [6.07, 6.45) is 1.24. The number of nitrogens with zero attached hydrogens (tertiary/aromatic N) is 4. The summed E-state index contributed by atoms with van der Waals surface area (Å²) >= 11 is 0. The first-order valence-corrected chi connectivity index (χ1v) is 12.0. The molecule has 178 valence electrons. The molecule has 10 nitrogen and oxygen atoms in total. The van der Waals surface area contributed by atoms with Crippen LogP contribution in [-0.2, 0) is 20.5 Å². The Bertz CT molecular complexity index is 750. The molecular formula is C21H33N4O6P. The zero-order chi connectivity index (χ0) is 23.5. The lowest BCUT2D eigenvalue weighted by Gasteiger charge is -2.34. The van der Waals surface area contributed by atoms with Gasteiger partial charge in [-0.05, 0) is 12.5 Å². The second-order valence-corrected chi connectivity index (χ2v) is 9.58. The molecule has 32 heavy (non-hydrogen) atoms. The third-order valence-corrected chi connectivity index (χ3v) is 7.09. The summed E-state index contributed by atoms with van der Waals surface area (Å²) in [5.41, 5.74) is 2.17. The first-order chi connectivity index (χ1) is 15.3. The molecule has 1 aromatic carbocycles. The molecule has 1 saturated heterocycles. The number of carbonyl (C=O) groups is 3. The number of benzene rings is 1. The fraction of sp³-hybridized carbons (Fsp3) is 0.571. The quantitative estimate of drug-likeness (QED) is 0.366. The van der Waals surface area contributed by atoms with Gasteiger partial charge < -0.3 is 20.0 Å². The van der Waals surface area contributed by atoms with E-state index >= 15 is 0 Å². The van der Waals surface area contributed by atoms with E-state index in [0.717, 1.165) is 17.5 Å². The molecule has 1 aromatic rings. The maximum Gasteiger partial charge on any atom is 0.317 e. The third-order valence-electron chi connectivity index (χ3n) is 5.39. The van der Waals surface area contributed by atoms with Crippen molar-refractivity contribution in [3.8, 4) is 0 Å². The van der Waals surface area contributed by atoms with Gasteiger partial charge in [0, 0.05) is 58.5 Å². The lowest BCUT2D eigenvalue weighted by atomic mass is 10.2. The topological polar surface area (TPSA) is 125 Å². The zero-order valence-electron chi connectivity index (χ0n) is 18.5. The number of carboxylic acids is 2. The molecule has 1 amide bonds. The Morgan fingerprint density at radius 3 is 1.88 bits per heavy atom. The van der Waals surface area contributed by atoms with E-state index in [0.29, 0.717) is 58.5 Å². The fourth-order valence-corrected chi connectivity index (χ4v) is 4.87. The van der Waals surface area contributed by atoms with Gasteiger partial charge in [-0.1, -0.05) is 29.8 Å². The van der Waals surface area contributed by atoms with Gasteiger partial charge in [-0.3, -0.25) is 28.9 Å². The highest BCUT2D eigenvalue weighted by Crippen LogP contribution is 2.39. The molecule has 0 bridgehead atoms. The highest BCUT2D eigenvalue weighted by atomic mass is 31.2. The van der Waals surface area contributed by atoms with Crippen molar-refractivity contribution in [2.45, 2.75) is 13.1 Å². The summed E-state index contributed by atoms with van der Waals surface area (Å²) in [4.78, 5) is 50.0. The Labute approximate surface area is 189 Å². The number of amides is 1. The predicted octanol–water partition coefficient (Wildman–Crippen LogP) is 0.346. The van der Waals surface area contributed by atoms with Gasteiger partial charge in [-0.15, -0.1) is 0 Å². The summed E-state index contributed by atoms with van der Waals surface area (Å²) in [5, 5.41) is 18.4. The Morgan fingerprint density at radius 1 is 0.875 bits per heavy atom. The summed E-state index contributed by atoms with van der Waals surface area (Å²) in [7, 11) is -1.50. The van der Waals surface area contributed by atoms with E-state index in [1.54, 1.807) is 14.7 Å². The van der Waals surface area contributed by atoms with Crippen LogP contribution in [0.4, 0.5) is 0 Å². The number of rotatable bonds is 8. The minimum Gasteiger partial charge on any atom is -0.480 e. The molecule has 0 radical (unpaired) electrons. The Morgan fingerprint density at radius 2 is 1.34 bits per heavy atom. The van der Waals surface area contributed by atoms with E-state index < -0.39 is 20.2 Å². The largest absolute Gasteiger partial charge is 0.480 e. The van der Waals surface area contributed by atoms with Crippen molar-refractivity contribution in [2.24, 2.45) is 0 Å². The van der Waals surface area contributed by atoms with Crippen LogP contribution in [0, 0.1) is 6.92 Å². The second kappa shape index (κ2) is 13.4. The van der Waals surface area contributed by atoms with Crippen molar-refractivity contribution in [1.82, 2.24) is 19.4 Å². The van der Waals surface area contributed by atoms with Crippen LogP contribution in [-0.4, -0.2) is 118 Å². The molecule has 0 saturated carbocycles. The van der Waals surface area contributed by atoms with E-state index in [1.165, 1.54) is 0 Å². The minimum atomic E-state index is -1.50. The fourth-order valence-electron chi connectivity index (χ4n) is 3.49. The lowest BCUT2D eigenvalue weighted by Crippen LogP contribution is -2.46. The molecule has 1 aliphatic rings. The smallest absolute Gasteiger partial charge is 0.317 e. The maximum absolute atomic E-state index is 11.5. The molecule has 0 spiro atoms. The van der Waals surface area contributed by atoms with Gasteiger partial charge in [-0.25, -0.2) is 0 Å². The normalized spacial score (nSPS) is 19.0. The standard InChI is InChI=1S/C21H33N4O6P/c1-18-2-4-19(5-3-18)16-32(31)25-12-10-23(15-21(29)30)7-6-22(14-20(27)28)8-9-24(17-26)11-13-25/h2-5,17,31H,6-16H2,1H3,(H,27,28)(H,29,30). The van der Waals surface area contributed by atoms with Crippen LogP contribution in [0.1, 0.15) is 11.1 Å². The van der Waals surface area contributed by atoms with E-state index in [9.17, 15) is 24.4 Å². The highest BCUT2D eigenvalue weighted by molar-refractivity contribution is 7.48. The number of aliphatic carboxylic acids is 2. The van der Waals surface area contributed by atoms with Crippen molar-refractivity contribution in [2.75, 3.05) is 65.4 Å². The van der Waals surface area contributed by atoms with E-state index in [2.05, 4.69) is 0 Å². The first-order valence-electron chi connectivity index (χ1n) is 10.6. The van der Waals surface area contributed by atoms with Crippen LogP contribution < -0.4 is 0 Å². The van der Waals surface area contributed by atoms with Crippen molar-refractivity contribution in [1.29, 1.82) is 0 Å². The van der Waals surface area contributed by atoms with Gasteiger partial charge in [0.2, 0.25) is 6.41 Å². The number of aryl methyl sites for hydroxylation is 1. The average molecular weight is 468 g/mol. The van der Waals surface area contributed by atoms with Gasteiger partial charge in [0.1, 0.15) is 8.30 Å². The Kier molecular flexibility index (Phi) is 11.0. The number of hydrogen-bond acceptors (Lipinski definition) is 7. The molecule has 11 heteroatoms. The summed E-state index contributed by atoms with van der Waals surface area (Å²) in [5.74, 6) is -1.92.